The predicted octanol–water partition coefficient (Wildman–Crippen LogP) is 3.17. The van der Waals surface area contributed by atoms with Gasteiger partial charge in [-0.3, -0.25) is 4.79 Å². The van der Waals surface area contributed by atoms with Crippen molar-refractivity contribution in [1.82, 2.24) is 5.32 Å². The van der Waals surface area contributed by atoms with Gasteiger partial charge in [0.15, 0.2) is 18.1 Å². The molecular weight excluding hydrogens is 388 g/mol. The third-order valence-electron chi connectivity index (χ3n) is 3.67. The van der Waals surface area contributed by atoms with Crippen LogP contribution < -0.4 is 19.5 Å². The first-order chi connectivity index (χ1) is 13.9. The van der Waals surface area contributed by atoms with E-state index in [4.69, 9.17) is 14.2 Å². The SMILES string of the molecule is CCOc1ccccc1C(=O)OCC(=O)NCc1ccc(OC(F)F)c(OC)c1. The highest BCUT2D eigenvalue weighted by Gasteiger charge is 2.15. The highest BCUT2D eigenvalue weighted by Crippen LogP contribution is 2.29. The Kier molecular flexibility index (Phi) is 8.20. The molecule has 0 bridgehead atoms. The number of carbonyl (C=O) groups is 2. The first-order valence-electron chi connectivity index (χ1n) is 8.72. The second-order valence-corrected chi connectivity index (χ2v) is 5.65. The van der Waals surface area contributed by atoms with Gasteiger partial charge in [0.1, 0.15) is 11.3 Å². The van der Waals surface area contributed by atoms with E-state index in [0.717, 1.165) is 0 Å². The first kappa shape index (κ1) is 21.9. The molecule has 0 atom stereocenters. The number of benzene rings is 2. The van der Waals surface area contributed by atoms with Gasteiger partial charge < -0.3 is 24.3 Å². The van der Waals surface area contributed by atoms with Crippen LogP contribution in [0, 0.1) is 0 Å². The highest BCUT2D eigenvalue weighted by atomic mass is 19.3. The molecule has 0 heterocycles. The van der Waals surface area contributed by atoms with E-state index in [1.54, 1.807) is 31.2 Å². The van der Waals surface area contributed by atoms with Gasteiger partial charge in [-0.05, 0) is 36.8 Å². The van der Waals surface area contributed by atoms with Gasteiger partial charge in [0.2, 0.25) is 0 Å². The lowest BCUT2D eigenvalue weighted by atomic mass is 10.2. The molecule has 0 fully saturated rings. The second kappa shape index (κ2) is 10.8. The molecule has 0 aliphatic carbocycles. The van der Waals surface area contributed by atoms with Gasteiger partial charge in [0.25, 0.3) is 5.91 Å². The molecule has 0 aliphatic rings. The average Bonchev–Trinajstić information content (AvgIpc) is 2.71. The lowest BCUT2D eigenvalue weighted by Gasteiger charge is -2.12. The Bertz CT molecular complexity index is 843. The summed E-state index contributed by atoms with van der Waals surface area (Å²) in [4.78, 5) is 24.1. The van der Waals surface area contributed by atoms with Crippen molar-refractivity contribution >= 4 is 11.9 Å². The molecule has 9 heteroatoms. The Hall–Kier alpha value is -3.36. The number of amides is 1. The zero-order chi connectivity index (χ0) is 21.2. The maximum Gasteiger partial charge on any atom is 0.387 e. The van der Waals surface area contributed by atoms with Crippen LogP contribution in [0.1, 0.15) is 22.8 Å². The Labute approximate surface area is 166 Å². The molecule has 7 nitrogen and oxygen atoms in total. The number of carbonyl (C=O) groups excluding carboxylic acids is 2. The van der Waals surface area contributed by atoms with Gasteiger partial charge in [-0.15, -0.1) is 0 Å². The summed E-state index contributed by atoms with van der Waals surface area (Å²) in [6.07, 6.45) is 0. The topological polar surface area (TPSA) is 83.1 Å². The fourth-order valence-corrected chi connectivity index (χ4v) is 2.39. The number of hydrogen-bond acceptors (Lipinski definition) is 6. The number of hydrogen-bond donors (Lipinski definition) is 1. The van der Waals surface area contributed by atoms with E-state index in [9.17, 15) is 18.4 Å². The van der Waals surface area contributed by atoms with Crippen molar-refractivity contribution < 1.29 is 37.3 Å². The summed E-state index contributed by atoms with van der Waals surface area (Å²) < 4.78 is 44.4. The molecule has 0 aliphatic heterocycles. The Morgan fingerprint density at radius 1 is 1.07 bits per heavy atom. The zero-order valence-electron chi connectivity index (χ0n) is 15.9. The summed E-state index contributed by atoms with van der Waals surface area (Å²) in [7, 11) is 1.32. The van der Waals surface area contributed by atoms with Gasteiger partial charge in [-0.25, -0.2) is 4.79 Å². The van der Waals surface area contributed by atoms with E-state index in [1.165, 1.54) is 25.3 Å². The van der Waals surface area contributed by atoms with Crippen LogP contribution in [0.5, 0.6) is 17.2 Å². The van der Waals surface area contributed by atoms with E-state index in [2.05, 4.69) is 10.1 Å². The lowest BCUT2D eigenvalue weighted by Crippen LogP contribution is -2.28. The van der Waals surface area contributed by atoms with Crippen LogP contribution >= 0.6 is 0 Å². The second-order valence-electron chi connectivity index (χ2n) is 5.65. The van der Waals surface area contributed by atoms with Crippen LogP contribution in [0.2, 0.25) is 0 Å². The molecule has 1 N–H and O–H groups in total. The van der Waals surface area contributed by atoms with Gasteiger partial charge >= 0.3 is 12.6 Å². The number of ether oxygens (including phenoxy) is 4. The molecule has 0 unspecified atom stereocenters. The van der Waals surface area contributed by atoms with Gasteiger partial charge in [0.05, 0.1) is 13.7 Å². The fourth-order valence-electron chi connectivity index (χ4n) is 2.39. The standard InChI is InChI=1S/C20H21F2NO6/c1-3-27-15-7-5-4-6-14(15)19(25)28-12-18(24)23-11-13-8-9-16(29-20(21)22)17(10-13)26-2/h4-10,20H,3,11-12H2,1-2H3,(H,23,24). The molecule has 2 aromatic rings. The van der Waals surface area contributed by atoms with E-state index in [1.807, 2.05) is 0 Å². The van der Waals surface area contributed by atoms with Crippen LogP contribution in [-0.2, 0) is 16.1 Å². The largest absolute Gasteiger partial charge is 0.493 e. The van der Waals surface area contributed by atoms with E-state index >= 15 is 0 Å². The normalized spacial score (nSPS) is 10.4. The molecule has 0 spiro atoms. The molecular formula is C20H21F2NO6. The Morgan fingerprint density at radius 3 is 2.52 bits per heavy atom. The zero-order valence-corrected chi connectivity index (χ0v) is 15.9. The van der Waals surface area contributed by atoms with Crippen molar-refractivity contribution in [3.05, 3.63) is 53.6 Å². The smallest absolute Gasteiger partial charge is 0.387 e. The number of alkyl halides is 2. The molecule has 0 saturated heterocycles. The van der Waals surface area contributed by atoms with Gasteiger partial charge in [-0.1, -0.05) is 18.2 Å². The summed E-state index contributed by atoms with van der Waals surface area (Å²) >= 11 is 0. The number of halogens is 2. The highest BCUT2D eigenvalue weighted by molar-refractivity contribution is 5.93. The van der Waals surface area contributed by atoms with Crippen LogP contribution in [-0.4, -0.2) is 38.8 Å². The minimum Gasteiger partial charge on any atom is -0.493 e. The van der Waals surface area contributed by atoms with E-state index < -0.39 is 25.1 Å². The van der Waals surface area contributed by atoms with Gasteiger partial charge in [0, 0.05) is 6.54 Å². The molecule has 0 aromatic heterocycles. The maximum atomic E-state index is 12.3. The lowest BCUT2D eigenvalue weighted by molar-refractivity contribution is -0.124. The average molecular weight is 409 g/mol. The molecule has 0 saturated carbocycles. The molecule has 156 valence electrons. The summed E-state index contributed by atoms with van der Waals surface area (Å²) in [5, 5.41) is 2.57. The fraction of sp³-hybridized carbons (Fsp3) is 0.300. The summed E-state index contributed by atoms with van der Waals surface area (Å²) in [5.41, 5.74) is 0.811. The van der Waals surface area contributed by atoms with E-state index in [-0.39, 0.29) is 23.6 Å². The van der Waals surface area contributed by atoms with Crippen LogP contribution in [0.4, 0.5) is 8.78 Å². The van der Waals surface area contributed by atoms with Gasteiger partial charge in [-0.2, -0.15) is 8.78 Å². The quantitative estimate of drug-likeness (QED) is 0.607. The Morgan fingerprint density at radius 2 is 1.83 bits per heavy atom. The van der Waals surface area contributed by atoms with Crippen molar-refractivity contribution in [2.75, 3.05) is 20.3 Å². The summed E-state index contributed by atoms with van der Waals surface area (Å²) in [6.45, 7) is -1.20. The van der Waals surface area contributed by atoms with Crippen molar-refractivity contribution in [2.45, 2.75) is 20.1 Å². The summed E-state index contributed by atoms with van der Waals surface area (Å²) in [5.74, 6) is -0.840. The Balaban J connectivity index is 1.88. The van der Waals surface area contributed by atoms with Crippen LogP contribution in [0.15, 0.2) is 42.5 Å². The molecule has 0 radical (unpaired) electrons. The molecule has 1 amide bonds. The monoisotopic (exact) mass is 409 g/mol. The number of para-hydroxylation sites is 1. The first-order valence-corrected chi connectivity index (χ1v) is 8.72. The van der Waals surface area contributed by atoms with Crippen molar-refractivity contribution in [3.63, 3.8) is 0 Å². The minimum atomic E-state index is -2.98. The van der Waals surface area contributed by atoms with E-state index in [0.29, 0.717) is 17.9 Å². The number of methoxy groups -OCH3 is 1. The van der Waals surface area contributed by atoms with Crippen LogP contribution in [0.25, 0.3) is 0 Å². The number of esters is 1. The molecule has 2 aromatic carbocycles. The predicted molar refractivity (Wildman–Crippen MR) is 99.4 cm³/mol. The van der Waals surface area contributed by atoms with Crippen molar-refractivity contribution in [2.24, 2.45) is 0 Å². The van der Waals surface area contributed by atoms with Crippen molar-refractivity contribution in [1.29, 1.82) is 0 Å². The maximum absolute atomic E-state index is 12.3. The molecule has 29 heavy (non-hydrogen) atoms. The minimum absolute atomic E-state index is 0.0806. The number of nitrogens with one attached hydrogen (secondary N) is 1. The third kappa shape index (κ3) is 6.63. The van der Waals surface area contributed by atoms with Crippen molar-refractivity contribution in [3.8, 4) is 17.2 Å². The van der Waals surface area contributed by atoms with Crippen LogP contribution in [0.3, 0.4) is 0 Å². The number of rotatable bonds is 10. The third-order valence-corrected chi connectivity index (χ3v) is 3.67. The molecule has 2 rings (SSSR count). The summed E-state index contributed by atoms with van der Waals surface area (Å²) in [6, 6.07) is 10.8.